The monoisotopic (exact) mass is 551 g/mol. The van der Waals surface area contributed by atoms with Crippen molar-refractivity contribution in [3.05, 3.63) is 65.9 Å². The van der Waals surface area contributed by atoms with Crippen LogP contribution in [0.4, 0.5) is 17.1 Å². The fourth-order valence-electron chi connectivity index (χ4n) is 4.89. The number of carbonyl (C=O) groups excluding carboxylic acids is 1. The molecule has 4 N–H and O–H groups in total. The molecular formula is C33H37N5O3. The van der Waals surface area contributed by atoms with Crippen LogP contribution < -0.4 is 20.7 Å². The standard InChI is InChI=1S/C33H37N5O3/c1-2-24-11-9-12-26(19-24)37-33-25(22-34)23-36-29-21-31(41-27-13-5-6-14-27)30(20-28(29)33)38-32(40)15-10-17-35-16-7-3-4-8-18-39/h1,9-12,15,19-21,23,27,35,39H,3-8,13-14,16-18H2,(H,36,37)(H,38,40)/b15-10+. The van der Waals surface area contributed by atoms with Gasteiger partial charge in [-0.15, -0.1) is 6.42 Å². The van der Waals surface area contributed by atoms with Crippen molar-refractivity contribution >= 4 is 33.9 Å². The number of nitrogens with zero attached hydrogens (tertiary/aromatic N) is 2. The number of aliphatic hydroxyl groups is 1. The summed E-state index contributed by atoms with van der Waals surface area (Å²) in [4.78, 5) is 17.4. The molecule has 1 fully saturated rings. The maximum absolute atomic E-state index is 12.9. The Morgan fingerprint density at radius 1 is 1.17 bits per heavy atom. The number of nitriles is 1. The Bertz CT molecular complexity index is 1450. The van der Waals surface area contributed by atoms with Gasteiger partial charge in [-0.25, -0.2) is 0 Å². The van der Waals surface area contributed by atoms with Crippen molar-refractivity contribution in [1.29, 1.82) is 5.26 Å². The molecule has 0 unspecified atom stereocenters. The quantitative estimate of drug-likeness (QED) is 0.114. The highest BCUT2D eigenvalue weighted by molar-refractivity contribution is 6.04. The molecule has 0 spiro atoms. The molecule has 1 saturated carbocycles. The van der Waals surface area contributed by atoms with E-state index in [9.17, 15) is 10.1 Å². The van der Waals surface area contributed by atoms with Crippen LogP contribution in [-0.4, -0.2) is 41.8 Å². The Balaban J connectivity index is 1.56. The average molecular weight is 552 g/mol. The number of fused-ring (bicyclic) bond motifs is 1. The first kappa shape index (κ1) is 29.6. The molecule has 212 valence electrons. The molecule has 1 aliphatic carbocycles. The average Bonchev–Trinajstić information content (AvgIpc) is 3.50. The molecule has 1 heterocycles. The second-order valence-electron chi connectivity index (χ2n) is 10.1. The van der Waals surface area contributed by atoms with Gasteiger partial charge in [0.25, 0.3) is 0 Å². The SMILES string of the molecule is C#Cc1cccc(Nc2c(C#N)cnc3cc(OC4CCCC4)c(NC(=O)/C=C/CNCCCCCCO)cc23)c1. The van der Waals surface area contributed by atoms with E-state index < -0.39 is 0 Å². The first-order chi connectivity index (χ1) is 20.1. The van der Waals surface area contributed by atoms with Crippen LogP contribution in [0.25, 0.3) is 10.9 Å². The highest BCUT2D eigenvalue weighted by atomic mass is 16.5. The number of aromatic nitrogens is 1. The Morgan fingerprint density at radius 2 is 2.00 bits per heavy atom. The van der Waals surface area contributed by atoms with Crippen LogP contribution in [0.2, 0.25) is 0 Å². The fourth-order valence-corrected chi connectivity index (χ4v) is 4.89. The van der Waals surface area contributed by atoms with Crippen molar-refractivity contribution < 1.29 is 14.6 Å². The Morgan fingerprint density at radius 3 is 2.78 bits per heavy atom. The lowest BCUT2D eigenvalue weighted by atomic mass is 10.1. The first-order valence-electron chi connectivity index (χ1n) is 14.3. The number of benzene rings is 2. The van der Waals surface area contributed by atoms with E-state index in [4.69, 9.17) is 16.3 Å². The predicted molar refractivity (Wildman–Crippen MR) is 163 cm³/mol. The lowest BCUT2D eigenvalue weighted by Gasteiger charge is -2.19. The molecule has 3 aromatic rings. The van der Waals surface area contributed by atoms with E-state index in [1.165, 1.54) is 12.3 Å². The third-order valence-electron chi connectivity index (χ3n) is 7.04. The number of unbranched alkanes of at least 4 members (excludes halogenated alkanes) is 3. The van der Waals surface area contributed by atoms with E-state index in [1.54, 1.807) is 6.08 Å². The summed E-state index contributed by atoms with van der Waals surface area (Å²) in [6, 6.07) is 13.3. The van der Waals surface area contributed by atoms with Crippen LogP contribution in [0, 0.1) is 23.7 Å². The molecule has 0 saturated heterocycles. The highest BCUT2D eigenvalue weighted by Gasteiger charge is 2.21. The second-order valence-corrected chi connectivity index (χ2v) is 10.1. The zero-order chi connectivity index (χ0) is 28.9. The number of carbonyl (C=O) groups is 1. The van der Waals surface area contributed by atoms with Gasteiger partial charge in [-0.3, -0.25) is 9.78 Å². The van der Waals surface area contributed by atoms with Crippen LogP contribution in [0.5, 0.6) is 5.75 Å². The maximum Gasteiger partial charge on any atom is 0.248 e. The van der Waals surface area contributed by atoms with Crippen molar-refractivity contribution in [2.45, 2.75) is 57.5 Å². The minimum atomic E-state index is -0.272. The number of terminal acetylenes is 1. The van der Waals surface area contributed by atoms with Crippen molar-refractivity contribution in [3.63, 3.8) is 0 Å². The third kappa shape index (κ3) is 8.56. The van der Waals surface area contributed by atoms with Gasteiger partial charge in [-0.05, 0) is 69.3 Å². The topological polar surface area (TPSA) is 119 Å². The van der Waals surface area contributed by atoms with E-state index >= 15 is 0 Å². The second kappa shape index (κ2) is 15.4. The number of hydrogen-bond donors (Lipinski definition) is 4. The molecule has 0 aliphatic heterocycles. The van der Waals surface area contributed by atoms with Gasteiger partial charge >= 0.3 is 0 Å². The maximum atomic E-state index is 12.9. The molecule has 1 amide bonds. The number of pyridine rings is 1. The lowest BCUT2D eigenvalue weighted by molar-refractivity contribution is -0.111. The number of hydrogen-bond acceptors (Lipinski definition) is 7. The lowest BCUT2D eigenvalue weighted by Crippen LogP contribution is -2.17. The van der Waals surface area contributed by atoms with Crippen LogP contribution >= 0.6 is 0 Å². The fraction of sp³-hybridized carbons (Fsp3) is 0.364. The van der Waals surface area contributed by atoms with Crippen molar-refractivity contribution in [2.75, 3.05) is 30.3 Å². The van der Waals surface area contributed by atoms with Gasteiger partial charge in [0.1, 0.15) is 11.8 Å². The van der Waals surface area contributed by atoms with Crippen molar-refractivity contribution in [3.8, 4) is 24.2 Å². The molecular weight excluding hydrogens is 514 g/mol. The van der Waals surface area contributed by atoms with Gasteiger partial charge in [0.05, 0.1) is 28.6 Å². The van der Waals surface area contributed by atoms with Gasteiger partial charge in [0.15, 0.2) is 0 Å². The molecule has 8 heteroatoms. The van der Waals surface area contributed by atoms with E-state index in [0.717, 1.165) is 69.2 Å². The number of rotatable bonds is 14. The first-order valence-corrected chi connectivity index (χ1v) is 14.3. The zero-order valence-electron chi connectivity index (χ0n) is 23.3. The van der Waals surface area contributed by atoms with E-state index in [1.807, 2.05) is 36.4 Å². The molecule has 1 aliphatic rings. The highest BCUT2D eigenvalue weighted by Crippen LogP contribution is 2.38. The zero-order valence-corrected chi connectivity index (χ0v) is 23.3. The summed E-state index contributed by atoms with van der Waals surface area (Å²) in [6.07, 6.45) is 18.6. The summed E-state index contributed by atoms with van der Waals surface area (Å²) in [5, 5.41) is 29.0. The van der Waals surface area contributed by atoms with Crippen molar-refractivity contribution in [1.82, 2.24) is 10.3 Å². The van der Waals surface area contributed by atoms with E-state index in [0.29, 0.717) is 40.1 Å². The minimum Gasteiger partial charge on any atom is -0.488 e. The number of amides is 1. The molecule has 0 radical (unpaired) electrons. The summed E-state index contributed by atoms with van der Waals surface area (Å²) in [5.74, 6) is 2.92. The molecule has 41 heavy (non-hydrogen) atoms. The summed E-state index contributed by atoms with van der Waals surface area (Å²) in [7, 11) is 0. The van der Waals surface area contributed by atoms with Crippen LogP contribution in [0.1, 0.15) is 62.5 Å². The molecule has 4 rings (SSSR count). The van der Waals surface area contributed by atoms with Crippen LogP contribution in [-0.2, 0) is 4.79 Å². The number of anilines is 3. The van der Waals surface area contributed by atoms with Gasteiger partial charge in [-0.2, -0.15) is 5.26 Å². The van der Waals surface area contributed by atoms with Gasteiger partial charge in [0.2, 0.25) is 5.91 Å². The third-order valence-corrected chi connectivity index (χ3v) is 7.04. The Labute approximate surface area is 241 Å². The molecule has 2 aromatic carbocycles. The van der Waals surface area contributed by atoms with E-state index in [2.05, 4.69) is 32.9 Å². The minimum absolute atomic E-state index is 0.0858. The Kier molecular flexibility index (Phi) is 11.1. The van der Waals surface area contributed by atoms with Crippen molar-refractivity contribution in [2.24, 2.45) is 0 Å². The number of aliphatic hydroxyl groups excluding tert-OH is 1. The molecule has 0 atom stereocenters. The normalized spacial score (nSPS) is 13.2. The molecule has 8 nitrogen and oxygen atoms in total. The number of ether oxygens (including phenoxy) is 1. The summed E-state index contributed by atoms with van der Waals surface area (Å²) in [6.45, 7) is 1.68. The predicted octanol–water partition coefficient (Wildman–Crippen LogP) is 5.79. The van der Waals surface area contributed by atoms with Gasteiger partial charge in [0, 0.05) is 48.1 Å². The summed E-state index contributed by atoms with van der Waals surface area (Å²) >= 11 is 0. The molecule has 1 aromatic heterocycles. The van der Waals surface area contributed by atoms with Gasteiger partial charge < -0.3 is 25.8 Å². The van der Waals surface area contributed by atoms with E-state index in [-0.39, 0.29) is 18.6 Å². The smallest absolute Gasteiger partial charge is 0.248 e. The van der Waals surface area contributed by atoms with Crippen LogP contribution in [0.3, 0.4) is 0 Å². The Hall–Kier alpha value is -4.37. The van der Waals surface area contributed by atoms with Gasteiger partial charge in [-0.1, -0.05) is 30.9 Å². The number of nitrogens with one attached hydrogen (secondary N) is 3. The summed E-state index contributed by atoms with van der Waals surface area (Å²) in [5.41, 5.74) is 3.57. The summed E-state index contributed by atoms with van der Waals surface area (Å²) < 4.78 is 6.34. The van der Waals surface area contributed by atoms with Crippen LogP contribution in [0.15, 0.2) is 54.7 Å². The largest absolute Gasteiger partial charge is 0.488 e. The molecule has 0 bridgehead atoms.